The number of rotatable bonds is 5. The molecule has 0 bridgehead atoms. The zero-order chi connectivity index (χ0) is 19.5. The number of anilines is 2. The normalized spacial score (nSPS) is 17.3. The lowest BCUT2D eigenvalue weighted by atomic mass is 10.00. The van der Waals surface area contributed by atoms with E-state index in [4.69, 9.17) is 14.7 Å². The third-order valence-electron chi connectivity index (χ3n) is 5.83. The van der Waals surface area contributed by atoms with Gasteiger partial charge in [-0.1, -0.05) is 36.4 Å². The average Bonchev–Trinajstić information content (AvgIpc) is 2.79. The van der Waals surface area contributed by atoms with Gasteiger partial charge in [0.05, 0.1) is 18.7 Å². The lowest BCUT2D eigenvalue weighted by molar-refractivity contribution is 0.0398. The minimum absolute atomic E-state index is 0.714. The van der Waals surface area contributed by atoms with E-state index in [2.05, 4.69) is 57.6 Å². The van der Waals surface area contributed by atoms with Crippen molar-refractivity contribution < 1.29 is 4.74 Å². The number of aromatic nitrogens is 2. The van der Waals surface area contributed by atoms with Crippen LogP contribution in [0.5, 0.6) is 0 Å². The molecule has 1 saturated heterocycles. The van der Waals surface area contributed by atoms with Crippen LogP contribution in [0.1, 0.15) is 11.1 Å². The smallest absolute Gasteiger partial charge is 0.225 e. The van der Waals surface area contributed by atoms with E-state index in [1.807, 2.05) is 6.07 Å². The molecule has 1 N–H and O–H groups in total. The van der Waals surface area contributed by atoms with E-state index in [0.717, 1.165) is 75.6 Å². The van der Waals surface area contributed by atoms with Gasteiger partial charge in [-0.25, -0.2) is 4.98 Å². The fourth-order valence-corrected chi connectivity index (χ4v) is 4.21. The molecule has 2 aliphatic heterocycles. The lowest BCUT2D eigenvalue weighted by Crippen LogP contribution is -2.39. The molecule has 2 aromatic carbocycles. The summed E-state index contributed by atoms with van der Waals surface area (Å²) in [4.78, 5) is 14.5. The molecule has 6 nitrogen and oxygen atoms in total. The second-order valence-corrected chi connectivity index (χ2v) is 7.71. The number of benzene rings is 2. The fourth-order valence-electron chi connectivity index (χ4n) is 4.21. The Hall–Kier alpha value is -2.70. The van der Waals surface area contributed by atoms with Crippen molar-refractivity contribution >= 4 is 22.7 Å². The molecule has 29 heavy (non-hydrogen) atoms. The Bertz CT molecular complexity index is 986. The molecular formula is C23H27N5O. The molecule has 3 heterocycles. The van der Waals surface area contributed by atoms with Crippen LogP contribution in [0.25, 0.3) is 10.9 Å². The molecule has 0 amide bonds. The summed E-state index contributed by atoms with van der Waals surface area (Å²) in [5.74, 6) is 1.74. The number of hydrogen-bond donors (Lipinski definition) is 1. The van der Waals surface area contributed by atoms with Gasteiger partial charge < -0.3 is 15.0 Å². The fraction of sp³-hybridized carbons (Fsp3) is 0.391. The van der Waals surface area contributed by atoms with E-state index in [-0.39, 0.29) is 0 Å². The highest BCUT2D eigenvalue weighted by Crippen LogP contribution is 2.29. The van der Waals surface area contributed by atoms with Gasteiger partial charge in [0.2, 0.25) is 5.95 Å². The zero-order valence-electron chi connectivity index (χ0n) is 16.7. The number of nitrogens with zero attached hydrogens (tertiary/aromatic N) is 4. The molecule has 3 aromatic rings. The Balaban J connectivity index is 1.37. The van der Waals surface area contributed by atoms with Crippen LogP contribution in [0.4, 0.5) is 11.8 Å². The molecule has 5 rings (SSSR count). The van der Waals surface area contributed by atoms with Crippen LogP contribution in [0.2, 0.25) is 0 Å². The lowest BCUT2D eigenvalue weighted by Gasteiger charge is -2.31. The quantitative estimate of drug-likeness (QED) is 0.724. The van der Waals surface area contributed by atoms with Gasteiger partial charge in [0.1, 0.15) is 5.82 Å². The predicted octanol–water partition coefficient (Wildman–Crippen LogP) is 2.94. The molecule has 0 unspecified atom stereocenters. The van der Waals surface area contributed by atoms with E-state index in [0.29, 0.717) is 5.95 Å². The van der Waals surface area contributed by atoms with Crippen molar-refractivity contribution in [3.05, 3.63) is 59.7 Å². The summed E-state index contributed by atoms with van der Waals surface area (Å²) in [5.41, 5.74) is 3.83. The SMILES string of the molecule is c1ccc2c(c1)CCN(c1nc(NCCN3CCOCC3)nc3ccccc13)C2. The van der Waals surface area contributed by atoms with E-state index in [1.54, 1.807) is 0 Å². The van der Waals surface area contributed by atoms with Gasteiger partial charge in [-0.2, -0.15) is 4.98 Å². The van der Waals surface area contributed by atoms with Crippen LogP contribution in [-0.2, 0) is 17.7 Å². The first-order chi connectivity index (χ1) is 14.4. The Labute approximate surface area is 171 Å². The number of hydrogen-bond acceptors (Lipinski definition) is 6. The third-order valence-corrected chi connectivity index (χ3v) is 5.83. The van der Waals surface area contributed by atoms with Crippen molar-refractivity contribution in [3.63, 3.8) is 0 Å². The Morgan fingerprint density at radius 1 is 0.897 bits per heavy atom. The Morgan fingerprint density at radius 2 is 1.69 bits per heavy atom. The van der Waals surface area contributed by atoms with Crippen LogP contribution >= 0.6 is 0 Å². The zero-order valence-corrected chi connectivity index (χ0v) is 16.7. The third kappa shape index (κ3) is 4.04. The van der Waals surface area contributed by atoms with Crippen molar-refractivity contribution in [3.8, 4) is 0 Å². The first-order valence-corrected chi connectivity index (χ1v) is 10.5. The van der Waals surface area contributed by atoms with E-state index < -0.39 is 0 Å². The highest BCUT2D eigenvalue weighted by Gasteiger charge is 2.20. The maximum Gasteiger partial charge on any atom is 0.225 e. The van der Waals surface area contributed by atoms with Crippen LogP contribution in [0.15, 0.2) is 48.5 Å². The van der Waals surface area contributed by atoms with Gasteiger partial charge in [0, 0.05) is 44.7 Å². The summed E-state index contributed by atoms with van der Waals surface area (Å²) in [5, 5.41) is 4.57. The van der Waals surface area contributed by atoms with Crippen LogP contribution in [0, 0.1) is 0 Å². The number of nitrogens with one attached hydrogen (secondary N) is 1. The number of para-hydroxylation sites is 1. The first kappa shape index (κ1) is 18.3. The summed E-state index contributed by atoms with van der Waals surface area (Å²) < 4.78 is 5.43. The summed E-state index contributed by atoms with van der Waals surface area (Å²) in [6.45, 7) is 7.33. The van der Waals surface area contributed by atoms with Crippen LogP contribution in [-0.4, -0.2) is 60.8 Å². The molecule has 1 aromatic heterocycles. The number of fused-ring (bicyclic) bond motifs is 2. The first-order valence-electron chi connectivity index (χ1n) is 10.5. The van der Waals surface area contributed by atoms with Gasteiger partial charge in [-0.15, -0.1) is 0 Å². The highest BCUT2D eigenvalue weighted by molar-refractivity contribution is 5.90. The molecular weight excluding hydrogens is 362 g/mol. The number of ether oxygens (including phenoxy) is 1. The summed E-state index contributed by atoms with van der Waals surface area (Å²) in [6.07, 6.45) is 1.05. The second kappa shape index (κ2) is 8.35. The van der Waals surface area contributed by atoms with Gasteiger partial charge in [-0.05, 0) is 29.7 Å². The van der Waals surface area contributed by atoms with Gasteiger partial charge in [-0.3, -0.25) is 4.90 Å². The second-order valence-electron chi connectivity index (χ2n) is 7.71. The summed E-state index contributed by atoms with van der Waals surface area (Å²) in [6, 6.07) is 17.0. The van der Waals surface area contributed by atoms with Crippen molar-refractivity contribution in [2.45, 2.75) is 13.0 Å². The molecule has 150 valence electrons. The predicted molar refractivity (Wildman–Crippen MR) is 116 cm³/mol. The molecule has 1 fully saturated rings. The average molecular weight is 390 g/mol. The maximum atomic E-state index is 5.43. The van der Waals surface area contributed by atoms with Crippen LogP contribution in [0.3, 0.4) is 0 Å². The topological polar surface area (TPSA) is 53.5 Å². The van der Waals surface area contributed by atoms with E-state index in [1.165, 1.54) is 11.1 Å². The monoisotopic (exact) mass is 389 g/mol. The van der Waals surface area contributed by atoms with Crippen LogP contribution < -0.4 is 10.2 Å². The number of morpholine rings is 1. The molecule has 0 aliphatic carbocycles. The Morgan fingerprint density at radius 3 is 2.59 bits per heavy atom. The highest BCUT2D eigenvalue weighted by atomic mass is 16.5. The maximum absolute atomic E-state index is 5.43. The van der Waals surface area contributed by atoms with Crippen molar-refractivity contribution in [2.24, 2.45) is 0 Å². The molecule has 6 heteroatoms. The standard InChI is InChI=1S/C23H27N5O/c1-2-6-19-17-28(11-9-18(19)5-1)22-20-7-3-4-8-21(20)25-23(26-22)24-10-12-27-13-15-29-16-14-27/h1-8H,9-17H2,(H,24,25,26). The minimum atomic E-state index is 0.714. The molecule has 2 aliphatic rings. The van der Waals surface area contributed by atoms with Gasteiger partial charge in [0.15, 0.2) is 0 Å². The molecule has 0 radical (unpaired) electrons. The largest absolute Gasteiger partial charge is 0.379 e. The molecule has 0 saturated carbocycles. The van der Waals surface area contributed by atoms with Crippen molar-refractivity contribution in [1.82, 2.24) is 14.9 Å². The summed E-state index contributed by atoms with van der Waals surface area (Å²) >= 11 is 0. The van der Waals surface area contributed by atoms with Gasteiger partial charge in [0.25, 0.3) is 0 Å². The van der Waals surface area contributed by atoms with Gasteiger partial charge >= 0.3 is 0 Å². The minimum Gasteiger partial charge on any atom is -0.379 e. The van der Waals surface area contributed by atoms with E-state index in [9.17, 15) is 0 Å². The van der Waals surface area contributed by atoms with Crippen molar-refractivity contribution in [2.75, 3.05) is 56.2 Å². The van der Waals surface area contributed by atoms with E-state index >= 15 is 0 Å². The summed E-state index contributed by atoms with van der Waals surface area (Å²) in [7, 11) is 0. The van der Waals surface area contributed by atoms with Crippen molar-refractivity contribution in [1.29, 1.82) is 0 Å². The Kier molecular flexibility index (Phi) is 5.28. The molecule has 0 atom stereocenters. The molecule has 0 spiro atoms.